The third kappa shape index (κ3) is 6.95. The third-order valence-electron chi connectivity index (χ3n) is 6.01. The summed E-state index contributed by atoms with van der Waals surface area (Å²) in [5.41, 5.74) is 1.11. The molecule has 1 aromatic rings. The summed E-state index contributed by atoms with van der Waals surface area (Å²) in [5, 5.41) is 7.75. The highest BCUT2D eigenvalue weighted by molar-refractivity contribution is 14.0. The molecule has 0 saturated carbocycles. The van der Waals surface area contributed by atoms with Crippen molar-refractivity contribution in [2.75, 3.05) is 59.2 Å². The molecule has 0 aliphatic carbocycles. The zero-order valence-electron chi connectivity index (χ0n) is 18.2. The molecule has 30 heavy (non-hydrogen) atoms. The van der Waals surface area contributed by atoms with Crippen LogP contribution in [0.25, 0.3) is 0 Å². The van der Waals surface area contributed by atoms with Crippen molar-refractivity contribution >= 4 is 41.5 Å². The Morgan fingerprint density at radius 1 is 1.13 bits per heavy atom. The Kier molecular flexibility index (Phi) is 11.2. The molecule has 0 spiro atoms. The van der Waals surface area contributed by atoms with Gasteiger partial charge in [0.2, 0.25) is 0 Å². The largest absolute Gasteiger partial charge is 0.381 e. The van der Waals surface area contributed by atoms with E-state index in [0.29, 0.717) is 12.6 Å². The highest BCUT2D eigenvalue weighted by Crippen LogP contribution is 2.38. The molecule has 0 bridgehead atoms. The summed E-state index contributed by atoms with van der Waals surface area (Å²) in [7, 11) is 0. The Balaban J connectivity index is 0.00000320. The molecule has 1 aromatic carbocycles. The number of hydrogen-bond donors (Lipinski definition) is 2. The molecule has 1 atom stereocenters. The minimum absolute atomic E-state index is 0. The van der Waals surface area contributed by atoms with E-state index in [0.717, 1.165) is 76.4 Å². The van der Waals surface area contributed by atoms with E-state index in [1.54, 1.807) is 0 Å². The van der Waals surface area contributed by atoms with Crippen LogP contribution in [0.2, 0.25) is 5.02 Å². The predicted molar refractivity (Wildman–Crippen MR) is 134 cm³/mol. The van der Waals surface area contributed by atoms with E-state index in [4.69, 9.17) is 26.1 Å². The first kappa shape index (κ1) is 25.6. The molecule has 6 nitrogen and oxygen atoms in total. The van der Waals surface area contributed by atoms with Crippen molar-refractivity contribution in [3.63, 3.8) is 0 Å². The summed E-state index contributed by atoms with van der Waals surface area (Å²) < 4.78 is 11.1. The van der Waals surface area contributed by atoms with Crippen molar-refractivity contribution in [2.24, 2.45) is 4.99 Å². The minimum Gasteiger partial charge on any atom is -0.381 e. The van der Waals surface area contributed by atoms with E-state index < -0.39 is 0 Å². The number of benzene rings is 1. The van der Waals surface area contributed by atoms with E-state index in [1.165, 1.54) is 5.56 Å². The minimum atomic E-state index is -0.0746. The van der Waals surface area contributed by atoms with Crippen LogP contribution in [0.1, 0.15) is 32.3 Å². The zero-order chi connectivity index (χ0) is 20.5. The standard InChI is InChI=1S/C22H35ClN4O2.HI/c1-3-24-21(25-16-18(2)27-10-14-29-15-11-27)26-17-22(8-12-28-13-9-22)19-6-4-5-7-20(19)23;/h4-7,18H,3,8-17H2,1-2H3,(H2,24,25,26);1H. The maximum absolute atomic E-state index is 6.58. The van der Waals surface area contributed by atoms with Crippen LogP contribution >= 0.6 is 35.6 Å². The van der Waals surface area contributed by atoms with Gasteiger partial charge in [-0.15, -0.1) is 24.0 Å². The number of nitrogens with one attached hydrogen (secondary N) is 2. The molecule has 0 aromatic heterocycles. The predicted octanol–water partition coefficient (Wildman–Crippen LogP) is 3.28. The Hall–Kier alpha value is -0.610. The number of ether oxygens (including phenoxy) is 2. The van der Waals surface area contributed by atoms with Gasteiger partial charge < -0.3 is 20.1 Å². The second-order valence-corrected chi connectivity index (χ2v) is 8.35. The van der Waals surface area contributed by atoms with Crippen molar-refractivity contribution in [2.45, 2.75) is 38.1 Å². The van der Waals surface area contributed by atoms with Crippen molar-refractivity contribution in [3.05, 3.63) is 34.9 Å². The number of halogens is 2. The van der Waals surface area contributed by atoms with Crippen LogP contribution < -0.4 is 10.6 Å². The maximum Gasteiger partial charge on any atom is 0.191 e. The van der Waals surface area contributed by atoms with Crippen LogP contribution in [0.4, 0.5) is 0 Å². The van der Waals surface area contributed by atoms with Gasteiger partial charge in [0.1, 0.15) is 0 Å². The summed E-state index contributed by atoms with van der Waals surface area (Å²) in [5.74, 6) is 0.866. The van der Waals surface area contributed by atoms with E-state index in [9.17, 15) is 0 Å². The fraction of sp³-hybridized carbons (Fsp3) is 0.682. The van der Waals surface area contributed by atoms with Crippen LogP contribution in [0.15, 0.2) is 29.3 Å². The molecule has 3 rings (SSSR count). The highest BCUT2D eigenvalue weighted by Gasteiger charge is 2.36. The number of aliphatic imine (C=N–C) groups is 1. The van der Waals surface area contributed by atoms with Crippen molar-refractivity contribution in [1.82, 2.24) is 15.5 Å². The molecule has 1 unspecified atom stereocenters. The Bertz CT molecular complexity index is 664. The first-order chi connectivity index (χ1) is 14.1. The molecule has 8 heteroatoms. The van der Waals surface area contributed by atoms with Crippen molar-refractivity contribution in [1.29, 1.82) is 0 Å². The summed E-state index contributed by atoms with van der Waals surface area (Å²) in [6.45, 7) is 11.9. The van der Waals surface area contributed by atoms with Crippen LogP contribution in [0, 0.1) is 0 Å². The van der Waals surface area contributed by atoms with Crippen molar-refractivity contribution < 1.29 is 9.47 Å². The normalized spacial score (nSPS) is 20.8. The van der Waals surface area contributed by atoms with Gasteiger partial charge in [-0.25, -0.2) is 0 Å². The molecular formula is C22H36ClIN4O2. The van der Waals surface area contributed by atoms with Gasteiger partial charge >= 0.3 is 0 Å². The maximum atomic E-state index is 6.58. The molecule has 2 N–H and O–H groups in total. The second-order valence-electron chi connectivity index (χ2n) is 7.95. The average molecular weight is 551 g/mol. The second kappa shape index (κ2) is 13.1. The molecule has 2 heterocycles. The van der Waals surface area contributed by atoms with E-state index >= 15 is 0 Å². The smallest absolute Gasteiger partial charge is 0.191 e. The first-order valence-electron chi connectivity index (χ1n) is 10.8. The first-order valence-corrected chi connectivity index (χ1v) is 11.2. The van der Waals surface area contributed by atoms with Crippen LogP contribution in [0.3, 0.4) is 0 Å². The van der Waals surface area contributed by atoms with Crippen LogP contribution in [0.5, 0.6) is 0 Å². The molecule has 2 fully saturated rings. The monoisotopic (exact) mass is 550 g/mol. The number of hydrogen-bond acceptors (Lipinski definition) is 4. The number of guanidine groups is 1. The SMILES string of the molecule is CCNC(=NCC1(c2ccccc2Cl)CCOCC1)NCC(C)N1CCOCC1.I. The fourth-order valence-corrected chi connectivity index (χ4v) is 4.47. The van der Waals surface area contributed by atoms with Crippen LogP contribution in [-0.2, 0) is 14.9 Å². The summed E-state index contributed by atoms with van der Waals surface area (Å²) in [6, 6.07) is 8.61. The molecular weight excluding hydrogens is 515 g/mol. The lowest BCUT2D eigenvalue weighted by Crippen LogP contribution is -2.49. The van der Waals surface area contributed by atoms with Gasteiger partial charge in [0.15, 0.2) is 5.96 Å². The van der Waals surface area contributed by atoms with Gasteiger partial charge in [0, 0.05) is 55.9 Å². The lowest BCUT2D eigenvalue weighted by atomic mass is 9.74. The van der Waals surface area contributed by atoms with Gasteiger partial charge in [0.05, 0.1) is 19.8 Å². The molecule has 2 aliphatic rings. The number of morpholine rings is 1. The Morgan fingerprint density at radius 3 is 2.47 bits per heavy atom. The molecule has 0 amide bonds. The van der Waals surface area contributed by atoms with E-state index in [-0.39, 0.29) is 29.4 Å². The van der Waals surface area contributed by atoms with Crippen molar-refractivity contribution in [3.8, 4) is 0 Å². The van der Waals surface area contributed by atoms with Gasteiger partial charge in [-0.05, 0) is 38.3 Å². The van der Waals surface area contributed by atoms with Gasteiger partial charge in [-0.2, -0.15) is 0 Å². The summed E-state index contributed by atoms with van der Waals surface area (Å²) >= 11 is 6.58. The van der Waals surface area contributed by atoms with E-state index in [2.05, 4.69) is 41.5 Å². The molecule has 170 valence electrons. The van der Waals surface area contributed by atoms with Gasteiger partial charge in [0.25, 0.3) is 0 Å². The van der Waals surface area contributed by atoms with Gasteiger partial charge in [-0.1, -0.05) is 29.8 Å². The summed E-state index contributed by atoms with van der Waals surface area (Å²) in [4.78, 5) is 7.44. The lowest BCUT2D eigenvalue weighted by molar-refractivity contribution is 0.0211. The zero-order valence-corrected chi connectivity index (χ0v) is 21.2. The lowest BCUT2D eigenvalue weighted by Gasteiger charge is -2.37. The highest BCUT2D eigenvalue weighted by atomic mass is 127. The van der Waals surface area contributed by atoms with Gasteiger partial charge in [-0.3, -0.25) is 9.89 Å². The summed E-state index contributed by atoms with van der Waals surface area (Å²) in [6.07, 6.45) is 1.87. The van der Waals surface area contributed by atoms with E-state index in [1.807, 2.05) is 12.1 Å². The average Bonchev–Trinajstić information content (AvgIpc) is 2.77. The molecule has 2 saturated heterocycles. The Labute approximate surface area is 203 Å². The molecule has 2 aliphatic heterocycles. The topological polar surface area (TPSA) is 58.1 Å². The quantitative estimate of drug-likeness (QED) is 0.310. The molecule has 0 radical (unpaired) electrons. The van der Waals surface area contributed by atoms with Crippen LogP contribution in [-0.4, -0.2) is 76.1 Å². The number of rotatable bonds is 7. The number of nitrogens with zero attached hydrogens (tertiary/aromatic N) is 2. The third-order valence-corrected chi connectivity index (χ3v) is 6.34. The Morgan fingerprint density at radius 2 is 1.80 bits per heavy atom. The fourth-order valence-electron chi connectivity index (χ4n) is 4.13.